The molecule has 0 bridgehead atoms. The van der Waals surface area contributed by atoms with Gasteiger partial charge in [-0.05, 0) is 25.1 Å². The maximum absolute atomic E-state index is 12.4. The van der Waals surface area contributed by atoms with Gasteiger partial charge in [0.25, 0.3) is 0 Å². The van der Waals surface area contributed by atoms with E-state index >= 15 is 0 Å². The number of halogens is 2. The van der Waals surface area contributed by atoms with E-state index in [0.29, 0.717) is 22.3 Å². The third-order valence-electron chi connectivity index (χ3n) is 3.23. The number of carbonyl (C=O) groups is 1. The molecule has 7 heteroatoms. The van der Waals surface area contributed by atoms with Crippen molar-refractivity contribution in [2.45, 2.75) is 19.5 Å². The Morgan fingerprint density at radius 2 is 2.18 bits per heavy atom. The normalized spacial score (nSPS) is 12.0. The van der Waals surface area contributed by atoms with Gasteiger partial charge in [-0.25, -0.2) is 0 Å². The van der Waals surface area contributed by atoms with Gasteiger partial charge in [0.1, 0.15) is 6.04 Å². The second kappa shape index (κ2) is 7.03. The van der Waals surface area contributed by atoms with Crippen molar-refractivity contribution in [3.8, 4) is 0 Å². The summed E-state index contributed by atoms with van der Waals surface area (Å²) in [5.74, 6) is -0.0325. The Morgan fingerprint density at radius 3 is 2.77 bits per heavy atom. The van der Waals surface area contributed by atoms with E-state index in [1.165, 1.54) is 0 Å². The van der Waals surface area contributed by atoms with Crippen LogP contribution in [-0.2, 0) is 18.4 Å². The number of anilines is 1. The highest BCUT2D eigenvalue weighted by Crippen LogP contribution is 2.26. The highest BCUT2D eigenvalue weighted by atomic mass is 35.5. The predicted octanol–water partition coefficient (Wildman–Crippen LogP) is 3.19. The van der Waals surface area contributed by atoms with Gasteiger partial charge in [0.2, 0.25) is 5.91 Å². The molecule has 0 aliphatic carbocycles. The van der Waals surface area contributed by atoms with Gasteiger partial charge in [0, 0.05) is 37.4 Å². The molecule has 1 amide bonds. The molecule has 1 heterocycles. The zero-order valence-corrected chi connectivity index (χ0v) is 14.2. The summed E-state index contributed by atoms with van der Waals surface area (Å²) in [4.78, 5) is 14.1. The first-order valence-corrected chi connectivity index (χ1v) is 7.56. The molecule has 1 aromatic heterocycles. The van der Waals surface area contributed by atoms with E-state index in [-0.39, 0.29) is 5.91 Å². The van der Waals surface area contributed by atoms with Gasteiger partial charge in [0.05, 0.1) is 16.9 Å². The third kappa shape index (κ3) is 4.15. The average molecular weight is 341 g/mol. The average Bonchev–Trinajstić information content (AvgIpc) is 2.86. The molecule has 22 heavy (non-hydrogen) atoms. The maximum Gasteiger partial charge on any atom is 0.244 e. The van der Waals surface area contributed by atoms with Crippen molar-refractivity contribution in [3.05, 3.63) is 46.2 Å². The van der Waals surface area contributed by atoms with E-state index in [1.54, 1.807) is 47.9 Å². The molecule has 1 aromatic carbocycles. The zero-order valence-electron chi connectivity index (χ0n) is 12.7. The van der Waals surface area contributed by atoms with Crippen molar-refractivity contribution < 1.29 is 4.79 Å². The van der Waals surface area contributed by atoms with Crippen LogP contribution in [0.3, 0.4) is 0 Å². The van der Waals surface area contributed by atoms with Crippen LogP contribution in [0.2, 0.25) is 10.0 Å². The second-order valence-corrected chi connectivity index (χ2v) is 6.05. The van der Waals surface area contributed by atoms with Gasteiger partial charge < -0.3 is 10.2 Å². The Kier molecular flexibility index (Phi) is 5.32. The van der Waals surface area contributed by atoms with Crippen LogP contribution in [0.15, 0.2) is 30.6 Å². The van der Waals surface area contributed by atoms with Gasteiger partial charge in [-0.2, -0.15) is 5.10 Å². The number of benzene rings is 1. The molecule has 118 valence electrons. The van der Waals surface area contributed by atoms with Crippen molar-refractivity contribution in [2.75, 3.05) is 12.4 Å². The molecular weight excluding hydrogens is 323 g/mol. The molecule has 0 aliphatic heterocycles. The van der Waals surface area contributed by atoms with Crippen LogP contribution in [0.25, 0.3) is 0 Å². The lowest BCUT2D eigenvalue weighted by molar-refractivity contribution is -0.130. The van der Waals surface area contributed by atoms with Crippen molar-refractivity contribution >= 4 is 34.8 Å². The molecule has 0 fully saturated rings. The van der Waals surface area contributed by atoms with Crippen molar-refractivity contribution in [2.24, 2.45) is 7.05 Å². The Bertz CT molecular complexity index is 671. The van der Waals surface area contributed by atoms with Crippen molar-refractivity contribution in [1.29, 1.82) is 0 Å². The van der Waals surface area contributed by atoms with Gasteiger partial charge in [-0.3, -0.25) is 9.48 Å². The molecule has 0 saturated carbocycles. The number of nitrogens with one attached hydrogen (secondary N) is 1. The lowest BCUT2D eigenvalue weighted by atomic mass is 10.2. The van der Waals surface area contributed by atoms with Crippen LogP contribution in [0, 0.1) is 0 Å². The Morgan fingerprint density at radius 1 is 1.45 bits per heavy atom. The monoisotopic (exact) mass is 340 g/mol. The first kappa shape index (κ1) is 16.6. The summed E-state index contributed by atoms with van der Waals surface area (Å²) in [5, 5.41) is 8.25. The molecule has 5 nitrogen and oxygen atoms in total. The summed E-state index contributed by atoms with van der Waals surface area (Å²) in [5.41, 5.74) is 1.66. The largest absolute Gasteiger partial charge is 0.373 e. The summed E-state index contributed by atoms with van der Waals surface area (Å²) in [6.07, 6.45) is 3.63. The van der Waals surface area contributed by atoms with Crippen LogP contribution in [-0.4, -0.2) is 33.7 Å². The van der Waals surface area contributed by atoms with Crippen molar-refractivity contribution in [1.82, 2.24) is 14.7 Å². The van der Waals surface area contributed by atoms with Crippen LogP contribution in [0.5, 0.6) is 0 Å². The molecule has 2 rings (SSSR count). The lowest BCUT2D eigenvalue weighted by Gasteiger charge is -2.22. The summed E-state index contributed by atoms with van der Waals surface area (Å²) < 4.78 is 1.71. The molecule has 0 radical (unpaired) electrons. The smallest absolute Gasteiger partial charge is 0.244 e. The second-order valence-electron chi connectivity index (χ2n) is 5.21. The topological polar surface area (TPSA) is 50.2 Å². The standard InChI is InChI=1S/C15H18Cl2N4O/c1-10(19-14-5-4-12(16)6-13(14)17)15(22)20(2)8-11-7-18-21(3)9-11/h4-7,9-10,19H,8H2,1-3H3/t10-/m0/s1. The highest BCUT2D eigenvalue weighted by Gasteiger charge is 2.18. The van der Waals surface area contributed by atoms with E-state index < -0.39 is 6.04 Å². The minimum atomic E-state index is -0.402. The van der Waals surface area contributed by atoms with Crippen LogP contribution >= 0.6 is 23.2 Å². The first-order valence-electron chi connectivity index (χ1n) is 6.81. The quantitative estimate of drug-likeness (QED) is 0.909. The number of likely N-dealkylation sites (N-methyl/N-ethyl adjacent to an activating group) is 1. The van der Waals surface area contributed by atoms with E-state index in [9.17, 15) is 4.79 Å². The summed E-state index contributed by atoms with van der Waals surface area (Å²) >= 11 is 12.0. The van der Waals surface area contributed by atoms with Gasteiger partial charge >= 0.3 is 0 Å². The van der Waals surface area contributed by atoms with Crippen LogP contribution in [0.4, 0.5) is 5.69 Å². The Labute approximate surface area is 139 Å². The third-order valence-corrected chi connectivity index (χ3v) is 3.78. The minimum absolute atomic E-state index is 0.0325. The molecular formula is C15H18Cl2N4O. The highest BCUT2D eigenvalue weighted by molar-refractivity contribution is 6.36. The van der Waals surface area contributed by atoms with Crippen molar-refractivity contribution in [3.63, 3.8) is 0 Å². The molecule has 0 saturated heterocycles. The van der Waals surface area contributed by atoms with E-state index in [2.05, 4.69) is 10.4 Å². The minimum Gasteiger partial charge on any atom is -0.373 e. The van der Waals surface area contributed by atoms with Crippen LogP contribution in [0.1, 0.15) is 12.5 Å². The molecule has 0 aliphatic rings. The summed E-state index contributed by atoms with van der Waals surface area (Å²) in [7, 11) is 3.61. The lowest BCUT2D eigenvalue weighted by Crippen LogP contribution is -2.38. The summed E-state index contributed by atoms with van der Waals surface area (Å²) in [6.45, 7) is 2.31. The zero-order chi connectivity index (χ0) is 16.3. The molecule has 1 N–H and O–H groups in total. The van der Waals surface area contributed by atoms with Gasteiger partial charge in [-0.1, -0.05) is 23.2 Å². The van der Waals surface area contributed by atoms with E-state index in [1.807, 2.05) is 13.2 Å². The van der Waals surface area contributed by atoms with Gasteiger partial charge in [0.15, 0.2) is 0 Å². The predicted molar refractivity (Wildman–Crippen MR) is 89.2 cm³/mol. The first-order chi connectivity index (χ1) is 10.4. The Balaban J connectivity index is 1.98. The number of aryl methyl sites for hydroxylation is 1. The van der Waals surface area contributed by atoms with E-state index in [0.717, 1.165) is 5.56 Å². The molecule has 0 unspecified atom stereocenters. The van der Waals surface area contributed by atoms with Gasteiger partial charge in [-0.15, -0.1) is 0 Å². The number of amides is 1. The molecule has 0 spiro atoms. The SMILES string of the molecule is C[C@H](Nc1ccc(Cl)cc1Cl)C(=O)N(C)Cc1cnn(C)c1. The number of hydrogen-bond donors (Lipinski definition) is 1. The van der Waals surface area contributed by atoms with Crippen LogP contribution < -0.4 is 5.32 Å². The maximum atomic E-state index is 12.4. The molecule has 1 atom stereocenters. The number of nitrogens with zero attached hydrogens (tertiary/aromatic N) is 3. The Hall–Kier alpha value is -1.72. The number of rotatable bonds is 5. The fraction of sp³-hybridized carbons (Fsp3) is 0.333. The number of carbonyl (C=O) groups excluding carboxylic acids is 1. The molecule has 2 aromatic rings. The fourth-order valence-corrected chi connectivity index (χ4v) is 2.60. The summed E-state index contributed by atoms with van der Waals surface area (Å²) in [6, 6.07) is 4.73. The number of aromatic nitrogens is 2. The fourth-order valence-electron chi connectivity index (χ4n) is 2.14. The van der Waals surface area contributed by atoms with E-state index in [4.69, 9.17) is 23.2 Å². The number of hydrogen-bond acceptors (Lipinski definition) is 3.